The van der Waals surface area contributed by atoms with Gasteiger partial charge in [-0.1, -0.05) is 23.7 Å². The Morgan fingerprint density at radius 2 is 2.27 bits per heavy atom. The average Bonchev–Trinajstić information content (AvgIpc) is 2.55. The van der Waals surface area contributed by atoms with Crippen LogP contribution in [0.1, 0.15) is 10.4 Å². The zero-order valence-electron chi connectivity index (χ0n) is 8.00. The number of methoxy groups -OCH3 is 1. The molecule has 5 heteroatoms. The second-order valence-electron chi connectivity index (χ2n) is 3.07. The number of carbonyl (C=O) groups is 1. The summed E-state index contributed by atoms with van der Waals surface area (Å²) in [6.45, 7) is 0. The van der Waals surface area contributed by atoms with E-state index in [1.807, 2.05) is 0 Å². The number of hydrogen-bond donors (Lipinski definition) is 2. The van der Waals surface area contributed by atoms with Gasteiger partial charge in [-0.2, -0.15) is 0 Å². The molecular formula is C10H9ClN2O2. The first kappa shape index (κ1) is 9.86. The number of nitrogen functional groups attached to an aromatic ring is 1. The van der Waals surface area contributed by atoms with Gasteiger partial charge in [0.1, 0.15) is 11.4 Å². The lowest BCUT2D eigenvalue weighted by Crippen LogP contribution is -2.03. The average molecular weight is 225 g/mol. The number of anilines is 1. The quantitative estimate of drug-likeness (QED) is 0.730. The number of hydrogen-bond acceptors (Lipinski definition) is 3. The topological polar surface area (TPSA) is 68.1 Å². The highest BCUT2D eigenvalue weighted by Gasteiger charge is 2.18. The van der Waals surface area contributed by atoms with Crippen molar-refractivity contribution in [1.29, 1.82) is 0 Å². The van der Waals surface area contributed by atoms with E-state index in [2.05, 4.69) is 9.72 Å². The Balaban J connectivity index is 2.79. The summed E-state index contributed by atoms with van der Waals surface area (Å²) in [7, 11) is 1.31. The van der Waals surface area contributed by atoms with Gasteiger partial charge < -0.3 is 15.5 Å². The van der Waals surface area contributed by atoms with E-state index in [9.17, 15) is 4.79 Å². The summed E-state index contributed by atoms with van der Waals surface area (Å²) in [6.07, 6.45) is 0. The monoisotopic (exact) mass is 224 g/mol. The number of esters is 1. The molecular weight excluding hydrogens is 216 g/mol. The van der Waals surface area contributed by atoms with Crippen LogP contribution in [0.15, 0.2) is 18.2 Å². The van der Waals surface area contributed by atoms with Crippen LogP contribution < -0.4 is 5.73 Å². The number of nitrogens with one attached hydrogen (secondary N) is 1. The minimum atomic E-state index is -0.471. The van der Waals surface area contributed by atoms with Crippen molar-refractivity contribution in [2.75, 3.05) is 12.8 Å². The van der Waals surface area contributed by atoms with Crippen molar-refractivity contribution < 1.29 is 9.53 Å². The molecule has 0 saturated heterocycles. The number of ether oxygens (including phenoxy) is 1. The fourth-order valence-corrected chi connectivity index (χ4v) is 1.75. The molecule has 0 bridgehead atoms. The summed E-state index contributed by atoms with van der Waals surface area (Å²) in [5.74, 6) is -0.203. The van der Waals surface area contributed by atoms with Gasteiger partial charge in [-0.3, -0.25) is 0 Å². The van der Waals surface area contributed by atoms with Crippen LogP contribution in [0.4, 0.5) is 5.82 Å². The molecule has 0 aliphatic carbocycles. The lowest BCUT2D eigenvalue weighted by Gasteiger charge is -1.97. The molecule has 0 unspecified atom stereocenters. The Hall–Kier alpha value is -1.68. The highest BCUT2D eigenvalue weighted by atomic mass is 35.5. The van der Waals surface area contributed by atoms with Gasteiger partial charge in [-0.05, 0) is 6.07 Å². The molecule has 0 radical (unpaired) electrons. The van der Waals surface area contributed by atoms with Crippen molar-refractivity contribution in [1.82, 2.24) is 4.98 Å². The van der Waals surface area contributed by atoms with E-state index in [-0.39, 0.29) is 5.82 Å². The predicted molar refractivity (Wildman–Crippen MR) is 59.1 cm³/mol. The Morgan fingerprint density at radius 1 is 1.53 bits per heavy atom. The summed E-state index contributed by atoms with van der Waals surface area (Å²) < 4.78 is 4.64. The number of rotatable bonds is 1. The lowest BCUT2D eigenvalue weighted by molar-refractivity contribution is 0.0604. The van der Waals surface area contributed by atoms with Crippen molar-refractivity contribution >= 4 is 34.3 Å². The predicted octanol–water partition coefficient (Wildman–Crippen LogP) is 2.19. The molecule has 0 atom stereocenters. The van der Waals surface area contributed by atoms with E-state index in [1.54, 1.807) is 18.2 Å². The molecule has 78 valence electrons. The first-order chi connectivity index (χ1) is 7.15. The molecule has 4 nitrogen and oxygen atoms in total. The summed E-state index contributed by atoms with van der Waals surface area (Å²) in [5, 5.41) is 1.20. The van der Waals surface area contributed by atoms with E-state index in [4.69, 9.17) is 17.3 Å². The van der Waals surface area contributed by atoms with E-state index in [0.717, 1.165) is 0 Å². The molecule has 1 aromatic carbocycles. The second-order valence-corrected chi connectivity index (χ2v) is 3.47. The number of aromatic nitrogens is 1. The molecule has 0 amide bonds. The Bertz CT molecular complexity index is 533. The highest BCUT2D eigenvalue weighted by Crippen LogP contribution is 2.29. The van der Waals surface area contributed by atoms with E-state index < -0.39 is 5.97 Å². The van der Waals surface area contributed by atoms with Crippen molar-refractivity contribution in [3.63, 3.8) is 0 Å². The summed E-state index contributed by atoms with van der Waals surface area (Å²) >= 11 is 5.95. The molecule has 0 aliphatic rings. The summed E-state index contributed by atoms with van der Waals surface area (Å²) in [4.78, 5) is 14.3. The zero-order valence-corrected chi connectivity index (χ0v) is 8.76. The van der Waals surface area contributed by atoms with Gasteiger partial charge in [-0.25, -0.2) is 4.79 Å². The Morgan fingerprint density at radius 3 is 2.93 bits per heavy atom. The van der Waals surface area contributed by atoms with Crippen LogP contribution in [-0.4, -0.2) is 18.1 Å². The number of para-hydroxylation sites is 1. The minimum Gasteiger partial charge on any atom is -0.465 e. The fraction of sp³-hybridized carbons (Fsp3) is 0.100. The number of nitrogens with two attached hydrogens (primary N) is 1. The maximum atomic E-state index is 11.5. The molecule has 0 fully saturated rings. The molecule has 15 heavy (non-hydrogen) atoms. The largest absolute Gasteiger partial charge is 0.465 e. The van der Waals surface area contributed by atoms with Crippen molar-refractivity contribution in [2.45, 2.75) is 0 Å². The molecule has 3 N–H and O–H groups in total. The number of halogens is 1. The Labute approximate surface area is 91.0 Å². The maximum absolute atomic E-state index is 11.5. The molecule has 0 spiro atoms. The van der Waals surface area contributed by atoms with Gasteiger partial charge >= 0.3 is 5.97 Å². The molecule has 2 aromatic rings. The van der Waals surface area contributed by atoms with Crippen molar-refractivity contribution in [3.05, 3.63) is 28.8 Å². The van der Waals surface area contributed by atoms with Crippen LogP contribution in [0.2, 0.25) is 5.02 Å². The molecule has 2 rings (SSSR count). The normalized spacial score (nSPS) is 10.5. The number of aromatic amines is 1. The molecule has 0 aliphatic heterocycles. The zero-order chi connectivity index (χ0) is 11.0. The van der Waals surface area contributed by atoms with E-state index >= 15 is 0 Å². The summed E-state index contributed by atoms with van der Waals surface area (Å²) in [6, 6.07) is 5.24. The first-order valence-corrected chi connectivity index (χ1v) is 4.67. The molecule has 0 saturated carbocycles. The van der Waals surface area contributed by atoms with Crippen LogP contribution in [0.25, 0.3) is 10.9 Å². The van der Waals surface area contributed by atoms with Gasteiger partial charge in [0.05, 0.1) is 17.6 Å². The number of H-pyrrole nitrogens is 1. The van der Waals surface area contributed by atoms with Crippen LogP contribution in [-0.2, 0) is 4.74 Å². The minimum absolute atomic E-state index is 0.268. The number of fused-ring (bicyclic) bond motifs is 1. The number of carbonyl (C=O) groups excluding carboxylic acids is 1. The smallest absolute Gasteiger partial charge is 0.342 e. The lowest BCUT2D eigenvalue weighted by atomic mass is 10.1. The van der Waals surface area contributed by atoms with Crippen molar-refractivity contribution in [2.24, 2.45) is 0 Å². The van der Waals surface area contributed by atoms with E-state index in [1.165, 1.54) is 7.11 Å². The van der Waals surface area contributed by atoms with Crippen LogP contribution in [0, 0.1) is 0 Å². The van der Waals surface area contributed by atoms with Crippen LogP contribution in [0.5, 0.6) is 0 Å². The first-order valence-electron chi connectivity index (χ1n) is 4.29. The third-order valence-electron chi connectivity index (χ3n) is 2.20. The summed E-state index contributed by atoms with van der Waals surface area (Å²) in [5.41, 5.74) is 6.66. The van der Waals surface area contributed by atoms with Crippen LogP contribution >= 0.6 is 11.6 Å². The van der Waals surface area contributed by atoms with Gasteiger partial charge in [-0.15, -0.1) is 0 Å². The Kier molecular flexibility index (Phi) is 2.28. The number of benzene rings is 1. The fourth-order valence-electron chi connectivity index (χ4n) is 1.52. The second kappa shape index (κ2) is 3.47. The van der Waals surface area contributed by atoms with E-state index in [0.29, 0.717) is 21.5 Å². The maximum Gasteiger partial charge on any atom is 0.342 e. The van der Waals surface area contributed by atoms with Gasteiger partial charge in [0.2, 0.25) is 0 Å². The van der Waals surface area contributed by atoms with Gasteiger partial charge in [0.25, 0.3) is 0 Å². The third kappa shape index (κ3) is 1.43. The SMILES string of the molecule is COC(=O)c1c(N)[nH]c2c(Cl)cccc12. The molecule has 1 aromatic heterocycles. The van der Waals surface area contributed by atoms with Gasteiger partial charge in [0, 0.05) is 5.39 Å². The molecule has 1 heterocycles. The van der Waals surface area contributed by atoms with Crippen LogP contribution in [0.3, 0.4) is 0 Å². The third-order valence-corrected chi connectivity index (χ3v) is 2.52. The van der Waals surface area contributed by atoms with Gasteiger partial charge in [0.15, 0.2) is 0 Å². The highest BCUT2D eigenvalue weighted by molar-refractivity contribution is 6.35. The standard InChI is InChI=1S/C10H9ClN2O2/c1-15-10(14)7-5-3-2-4-6(11)8(5)13-9(7)12/h2-4,13H,12H2,1H3. The van der Waals surface area contributed by atoms with Crippen molar-refractivity contribution in [3.8, 4) is 0 Å².